The van der Waals surface area contributed by atoms with Crippen LogP contribution in [-0.4, -0.2) is 54.5 Å². The number of β-amino-alcohol motifs (C(OH)–C–C–N with tert-alkyl or cyclic N) is 1. The molecule has 0 radical (unpaired) electrons. The van der Waals surface area contributed by atoms with Crippen molar-refractivity contribution in [3.8, 4) is 5.75 Å². The van der Waals surface area contributed by atoms with Crippen LogP contribution < -0.4 is 9.64 Å². The van der Waals surface area contributed by atoms with Crippen molar-refractivity contribution in [3.63, 3.8) is 0 Å². The molecule has 0 bridgehead atoms. The summed E-state index contributed by atoms with van der Waals surface area (Å²) < 4.78 is 5.50. The van der Waals surface area contributed by atoms with E-state index in [-0.39, 0.29) is 19.3 Å². The van der Waals surface area contributed by atoms with Crippen LogP contribution in [0.3, 0.4) is 0 Å². The maximum atomic E-state index is 10.8. The van der Waals surface area contributed by atoms with Crippen molar-refractivity contribution >= 4 is 23.0 Å². The lowest BCUT2D eigenvalue weighted by atomic mass is 10.00. The zero-order valence-corrected chi connectivity index (χ0v) is 19.6. The van der Waals surface area contributed by atoms with Gasteiger partial charge < -0.3 is 19.8 Å². The Morgan fingerprint density at radius 2 is 1.82 bits per heavy atom. The highest BCUT2D eigenvalue weighted by atomic mass is 35.5. The lowest BCUT2D eigenvalue weighted by Gasteiger charge is -2.44. The number of aliphatic hydroxyl groups excluding tert-OH is 2. The van der Waals surface area contributed by atoms with Crippen molar-refractivity contribution in [2.75, 3.05) is 44.3 Å². The summed E-state index contributed by atoms with van der Waals surface area (Å²) in [4.78, 5) is 8.00. The van der Waals surface area contributed by atoms with E-state index in [2.05, 4.69) is 26.8 Å². The van der Waals surface area contributed by atoms with Gasteiger partial charge in [-0.05, 0) is 23.3 Å². The summed E-state index contributed by atoms with van der Waals surface area (Å²) >= 11 is 6.66. The molecule has 1 fully saturated rings. The molecule has 3 aromatic carbocycles. The predicted molar refractivity (Wildman–Crippen MR) is 135 cm³/mol. The molecule has 7 heteroatoms. The van der Waals surface area contributed by atoms with E-state index in [4.69, 9.17) is 28.0 Å². The molecule has 1 aliphatic heterocycles. The summed E-state index contributed by atoms with van der Waals surface area (Å²) in [7, 11) is 0. The molecule has 6 nitrogen and oxygen atoms in total. The molecule has 34 heavy (non-hydrogen) atoms. The molecule has 0 aromatic heterocycles. The van der Waals surface area contributed by atoms with E-state index in [1.165, 1.54) is 5.56 Å². The van der Waals surface area contributed by atoms with Crippen LogP contribution in [0.15, 0.2) is 72.8 Å². The first-order valence-corrected chi connectivity index (χ1v) is 11.7. The average Bonchev–Trinajstić information content (AvgIpc) is 2.88. The fraction of sp³-hybridized carbons (Fsp3) is 0.296. The number of ether oxygens (including phenoxy) is 1. The Balaban J connectivity index is 1.53. The minimum absolute atomic E-state index is 0.0486. The van der Waals surface area contributed by atoms with E-state index in [9.17, 15) is 5.11 Å². The van der Waals surface area contributed by atoms with Gasteiger partial charge in [0.25, 0.3) is 0 Å². The zero-order valence-electron chi connectivity index (χ0n) is 18.8. The second-order valence-corrected chi connectivity index (χ2v) is 8.69. The molecule has 1 saturated heterocycles. The third kappa shape index (κ3) is 5.69. The number of benzene rings is 3. The molecular weight excluding hydrogens is 450 g/mol. The lowest BCUT2D eigenvalue weighted by molar-refractivity contribution is 0.100. The third-order valence-electron chi connectivity index (χ3n) is 6.08. The predicted octanol–water partition coefficient (Wildman–Crippen LogP) is 4.86. The van der Waals surface area contributed by atoms with E-state index in [0.717, 1.165) is 30.9 Å². The fourth-order valence-corrected chi connectivity index (χ4v) is 4.63. The maximum absolute atomic E-state index is 10.8. The normalized spacial score (nSPS) is 17.2. The highest BCUT2D eigenvalue weighted by Gasteiger charge is 2.30. The number of anilines is 1. The summed E-state index contributed by atoms with van der Waals surface area (Å²) in [6, 6.07) is 23.1. The van der Waals surface area contributed by atoms with Gasteiger partial charge in [0.1, 0.15) is 12.4 Å². The number of hydrogen-bond acceptors (Lipinski definition) is 5. The van der Waals surface area contributed by atoms with Crippen LogP contribution in [0.2, 0.25) is 5.02 Å². The number of hydrogen-bond donors (Lipinski definition) is 2. The molecule has 2 atom stereocenters. The van der Waals surface area contributed by atoms with Crippen LogP contribution in [-0.2, 0) is 0 Å². The SMILES string of the molecule is [C-]#[N+]c1ccc([C@H](O)CN2CCN(c3ccc(OCCO)cc3Cl)[C@H](c3ccccc3)C2)cc1. The molecule has 176 valence electrons. The number of piperazine rings is 1. The van der Waals surface area contributed by atoms with E-state index in [1.54, 1.807) is 18.2 Å². The lowest BCUT2D eigenvalue weighted by Crippen LogP contribution is -2.49. The van der Waals surface area contributed by atoms with Crippen LogP contribution >= 0.6 is 11.6 Å². The Morgan fingerprint density at radius 3 is 2.50 bits per heavy atom. The molecule has 3 aromatic rings. The molecule has 0 spiro atoms. The summed E-state index contributed by atoms with van der Waals surface area (Å²) in [5.41, 5.74) is 3.49. The molecule has 0 amide bonds. The van der Waals surface area contributed by atoms with Gasteiger partial charge in [0.05, 0.1) is 36.0 Å². The topological polar surface area (TPSA) is 60.5 Å². The Hall–Kier alpha value is -3.08. The standard InChI is InChI=1S/C27H28ClN3O3/c1-29-22-9-7-21(8-10-22)27(33)19-30-13-14-31(26(18-30)20-5-3-2-4-6-20)25-12-11-23(17-24(25)28)34-16-15-32/h2-12,17,26-27,32-33H,13-16,18-19H2/t26-,27+/m0/s1. The van der Waals surface area contributed by atoms with Gasteiger partial charge >= 0.3 is 0 Å². The summed E-state index contributed by atoms with van der Waals surface area (Å²) in [5.74, 6) is 0.630. The minimum atomic E-state index is -0.630. The van der Waals surface area contributed by atoms with Crippen LogP contribution in [0.5, 0.6) is 5.75 Å². The summed E-state index contributed by atoms with van der Waals surface area (Å²) in [5, 5.41) is 20.4. The molecule has 0 saturated carbocycles. The van der Waals surface area contributed by atoms with Gasteiger partial charge in [0.2, 0.25) is 0 Å². The second-order valence-electron chi connectivity index (χ2n) is 8.28. The highest BCUT2D eigenvalue weighted by molar-refractivity contribution is 6.33. The second kappa shape index (κ2) is 11.4. The van der Waals surface area contributed by atoms with Gasteiger partial charge in [0, 0.05) is 32.2 Å². The highest BCUT2D eigenvalue weighted by Crippen LogP contribution is 2.37. The third-order valence-corrected chi connectivity index (χ3v) is 6.38. The Labute approximate surface area is 205 Å². The first-order valence-electron chi connectivity index (χ1n) is 11.3. The molecule has 1 heterocycles. The van der Waals surface area contributed by atoms with Crippen LogP contribution in [0, 0.1) is 6.57 Å². The van der Waals surface area contributed by atoms with Crippen molar-refractivity contribution in [1.82, 2.24) is 4.90 Å². The molecule has 0 aliphatic carbocycles. The fourth-order valence-electron chi connectivity index (χ4n) is 4.35. The van der Waals surface area contributed by atoms with E-state index < -0.39 is 6.10 Å². The van der Waals surface area contributed by atoms with Crippen molar-refractivity contribution in [1.29, 1.82) is 0 Å². The van der Waals surface area contributed by atoms with Crippen LogP contribution in [0.4, 0.5) is 11.4 Å². The minimum Gasteiger partial charge on any atom is -0.491 e. The zero-order chi connectivity index (χ0) is 23.9. The van der Waals surface area contributed by atoms with Crippen LogP contribution in [0.1, 0.15) is 23.3 Å². The molecule has 1 aliphatic rings. The van der Waals surface area contributed by atoms with E-state index in [1.807, 2.05) is 42.5 Å². The summed E-state index contributed by atoms with van der Waals surface area (Å²) in [6.07, 6.45) is -0.630. The first kappa shape index (κ1) is 24.1. The number of nitrogens with zero attached hydrogens (tertiary/aromatic N) is 3. The van der Waals surface area contributed by atoms with Gasteiger partial charge in [-0.3, -0.25) is 4.90 Å². The molecule has 0 unspecified atom stereocenters. The number of halogens is 1. The van der Waals surface area contributed by atoms with E-state index in [0.29, 0.717) is 23.0 Å². The maximum Gasteiger partial charge on any atom is 0.187 e. The largest absolute Gasteiger partial charge is 0.491 e. The van der Waals surface area contributed by atoms with Gasteiger partial charge in [-0.2, -0.15) is 0 Å². The Morgan fingerprint density at radius 1 is 1.06 bits per heavy atom. The molecular formula is C27H28ClN3O3. The van der Waals surface area contributed by atoms with E-state index >= 15 is 0 Å². The van der Waals surface area contributed by atoms with Gasteiger partial charge in [-0.1, -0.05) is 66.2 Å². The quantitative estimate of drug-likeness (QED) is 0.454. The number of rotatable bonds is 8. The van der Waals surface area contributed by atoms with Gasteiger partial charge in [0.15, 0.2) is 5.69 Å². The Kier molecular flexibility index (Phi) is 8.04. The van der Waals surface area contributed by atoms with Gasteiger partial charge in [-0.25, -0.2) is 4.85 Å². The monoisotopic (exact) mass is 477 g/mol. The van der Waals surface area contributed by atoms with Crippen molar-refractivity contribution in [3.05, 3.63) is 100 Å². The average molecular weight is 478 g/mol. The Bertz CT molecular complexity index is 1120. The first-order chi connectivity index (χ1) is 16.6. The van der Waals surface area contributed by atoms with Crippen molar-refractivity contribution < 1.29 is 14.9 Å². The smallest absolute Gasteiger partial charge is 0.187 e. The van der Waals surface area contributed by atoms with Crippen LogP contribution in [0.25, 0.3) is 4.85 Å². The van der Waals surface area contributed by atoms with Crippen molar-refractivity contribution in [2.24, 2.45) is 0 Å². The number of aliphatic hydroxyl groups is 2. The molecule has 4 rings (SSSR count). The van der Waals surface area contributed by atoms with Crippen molar-refractivity contribution in [2.45, 2.75) is 12.1 Å². The molecule has 2 N–H and O–H groups in total. The summed E-state index contributed by atoms with van der Waals surface area (Å²) in [6.45, 7) is 10.1. The van der Waals surface area contributed by atoms with Gasteiger partial charge in [-0.15, -0.1) is 0 Å².